The van der Waals surface area contributed by atoms with Gasteiger partial charge in [-0.2, -0.15) is 0 Å². The molecule has 1 N–H and O–H groups in total. The maximum absolute atomic E-state index is 11.7. The number of ether oxygens (including phenoxy) is 1. The monoisotopic (exact) mass is 249 g/mol. The molecule has 0 bridgehead atoms. The molecule has 2 rings (SSSR count). The number of hydrogen-bond donors (Lipinski definition) is 1. The minimum atomic E-state index is -0.987. The van der Waals surface area contributed by atoms with Gasteiger partial charge in [-0.3, -0.25) is 4.90 Å². The Labute approximate surface area is 107 Å². The summed E-state index contributed by atoms with van der Waals surface area (Å²) in [6.07, 6.45) is 0.0705. The summed E-state index contributed by atoms with van der Waals surface area (Å²) in [7, 11) is 0. The first-order valence-corrected chi connectivity index (χ1v) is 6.20. The molecule has 0 saturated carbocycles. The van der Waals surface area contributed by atoms with Crippen molar-refractivity contribution in [2.75, 3.05) is 19.7 Å². The van der Waals surface area contributed by atoms with Crippen LogP contribution in [0.2, 0.25) is 0 Å². The first-order chi connectivity index (χ1) is 8.55. The molecule has 18 heavy (non-hydrogen) atoms. The van der Waals surface area contributed by atoms with Gasteiger partial charge >= 0.3 is 5.97 Å². The van der Waals surface area contributed by atoms with E-state index in [0.29, 0.717) is 19.7 Å². The highest BCUT2D eigenvalue weighted by atomic mass is 16.5. The molecule has 4 nitrogen and oxygen atoms in total. The van der Waals surface area contributed by atoms with E-state index in [4.69, 9.17) is 4.74 Å². The molecule has 0 radical (unpaired) electrons. The second-order valence-electron chi connectivity index (χ2n) is 4.87. The van der Waals surface area contributed by atoms with Crippen molar-refractivity contribution in [1.29, 1.82) is 0 Å². The van der Waals surface area contributed by atoms with Crippen LogP contribution >= 0.6 is 0 Å². The van der Waals surface area contributed by atoms with Crippen LogP contribution in [-0.2, 0) is 15.1 Å². The van der Waals surface area contributed by atoms with Crippen LogP contribution in [0.3, 0.4) is 0 Å². The van der Waals surface area contributed by atoms with Gasteiger partial charge in [-0.15, -0.1) is 0 Å². The number of morpholine rings is 1. The van der Waals surface area contributed by atoms with Gasteiger partial charge in [0.15, 0.2) is 0 Å². The molecular weight excluding hydrogens is 230 g/mol. The summed E-state index contributed by atoms with van der Waals surface area (Å²) < 4.78 is 5.48. The molecule has 4 heteroatoms. The Balaban J connectivity index is 2.35. The first-order valence-electron chi connectivity index (χ1n) is 6.20. The van der Waals surface area contributed by atoms with Gasteiger partial charge in [-0.25, -0.2) is 4.79 Å². The van der Waals surface area contributed by atoms with Crippen LogP contribution in [-0.4, -0.2) is 41.8 Å². The van der Waals surface area contributed by atoms with Crippen LogP contribution in [0.15, 0.2) is 30.3 Å². The van der Waals surface area contributed by atoms with E-state index < -0.39 is 11.5 Å². The molecule has 0 aromatic heterocycles. The van der Waals surface area contributed by atoms with Gasteiger partial charge in [0.05, 0.1) is 12.7 Å². The summed E-state index contributed by atoms with van der Waals surface area (Å²) in [4.78, 5) is 13.7. The fraction of sp³-hybridized carbons (Fsp3) is 0.500. The van der Waals surface area contributed by atoms with Crippen LogP contribution in [0.1, 0.15) is 19.4 Å². The summed E-state index contributed by atoms with van der Waals surface area (Å²) in [5, 5.41) is 9.64. The van der Waals surface area contributed by atoms with E-state index in [1.807, 2.05) is 42.2 Å². The van der Waals surface area contributed by atoms with Gasteiger partial charge in [-0.05, 0) is 19.4 Å². The van der Waals surface area contributed by atoms with Crippen molar-refractivity contribution in [3.05, 3.63) is 35.9 Å². The molecule has 0 aliphatic carbocycles. The fourth-order valence-electron chi connectivity index (χ4n) is 2.43. The van der Waals surface area contributed by atoms with Gasteiger partial charge in [0.25, 0.3) is 0 Å². The number of benzene rings is 1. The third kappa shape index (κ3) is 2.26. The van der Waals surface area contributed by atoms with E-state index in [9.17, 15) is 9.90 Å². The molecule has 2 atom stereocenters. The van der Waals surface area contributed by atoms with Crippen molar-refractivity contribution in [1.82, 2.24) is 4.90 Å². The molecule has 0 spiro atoms. The average molecular weight is 249 g/mol. The van der Waals surface area contributed by atoms with E-state index in [1.165, 1.54) is 0 Å². The Morgan fingerprint density at radius 2 is 2.11 bits per heavy atom. The molecule has 1 saturated heterocycles. The van der Waals surface area contributed by atoms with E-state index in [1.54, 1.807) is 6.92 Å². The van der Waals surface area contributed by atoms with Crippen molar-refractivity contribution in [3.63, 3.8) is 0 Å². The molecule has 98 valence electrons. The van der Waals surface area contributed by atoms with Crippen molar-refractivity contribution >= 4 is 5.97 Å². The summed E-state index contributed by atoms with van der Waals surface area (Å²) in [5.41, 5.74) is -0.175. The molecule has 1 aliphatic heterocycles. The maximum atomic E-state index is 11.7. The Morgan fingerprint density at radius 3 is 2.67 bits per heavy atom. The molecule has 0 amide bonds. The fourth-order valence-corrected chi connectivity index (χ4v) is 2.43. The Bertz CT molecular complexity index is 420. The minimum absolute atomic E-state index is 0.0705. The predicted molar refractivity (Wildman–Crippen MR) is 68.4 cm³/mol. The standard InChI is InChI=1S/C14H19NO3/c1-11-10-15(8-9-18-11)14(2,13(16)17)12-6-4-3-5-7-12/h3-7,11H,8-10H2,1-2H3,(H,16,17). The zero-order valence-electron chi connectivity index (χ0n) is 10.8. The number of aliphatic carboxylic acids is 1. The highest BCUT2D eigenvalue weighted by Crippen LogP contribution is 2.30. The SMILES string of the molecule is CC1CN(C(C)(C(=O)O)c2ccccc2)CCO1. The van der Waals surface area contributed by atoms with Crippen LogP contribution in [0.4, 0.5) is 0 Å². The Morgan fingerprint density at radius 1 is 1.44 bits per heavy atom. The molecule has 1 fully saturated rings. The van der Waals surface area contributed by atoms with Gasteiger partial charge in [0, 0.05) is 13.1 Å². The van der Waals surface area contributed by atoms with Crippen molar-refractivity contribution in [2.24, 2.45) is 0 Å². The smallest absolute Gasteiger partial charge is 0.328 e. The number of carbonyl (C=O) groups is 1. The lowest BCUT2D eigenvalue weighted by atomic mass is 9.89. The van der Waals surface area contributed by atoms with E-state index in [2.05, 4.69) is 0 Å². The Hall–Kier alpha value is -1.39. The Kier molecular flexibility index (Phi) is 3.68. The van der Waals surface area contributed by atoms with E-state index >= 15 is 0 Å². The number of carboxylic acids is 1. The second kappa shape index (κ2) is 5.08. The highest BCUT2D eigenvalue weighted by molar-refractivity contribution is 5.80. The first kappa shape index (κ1) is 13.1. The van der Waals surface area contributed by atoms with Crippen LogP contribution in [0.5, 0.6) is 0 Å². The van der Waals surface area contributed by atoms with Gasteiger partial charge in [0.1, 0.15) is 5.54 Å². The molecule has 2 unspecified atom stereocenters. The lowest BCUT2D eigenvalue weighted by molar-refractivity contribution is -0.156. The molecule has 1 heterocycles. The normalized spacial score (nSPS) is 24.4. The van der Waals surface area contributed by atoms with E-state index in [-0.39, 0.29) is 6.10 Å². The predicted octanol–water partition coefficient (Wildman–Crippen LogP) is 1.71. The third-order valence-corrected chi connectivity index (χ3v) is 3.63. The van der Waals surface area contributed by atoms with Gasteiger partial charge in [-0.1, -0.05) is 30.3 Å². The lowest BCUT2D eigenvalue weighted by Gasteiger charge is -2.42. The molecule has 1 aromatic carbocycles. The number of carboxylic acid groups (broad SMARTS) is 1. The summed E-state index contributed by atoms with van der Waals surface area (Å²) in [6, 6.07) is 9.39. The number of nitrogens with zero attached hydrogens (tertiary/aromatic N) is 1. The largest absolute Gasteiger partial charge is 0.480 e. The topological polar surface area (TPSA) is 49.8 Å². The number of rotatable bonds is 3. The second-order valence-corrected chi connectivity index (χ2v) is 4.87. The molecule has 1 aromatic rings. The van der Waals surface area contributed by atoms with Gasteiger partial charge in [0.2, 0.25) is 0 Å². The summed E-state index contributed by atoms with van der Waals surface area (Å²) in [6.45, 7) is 5.60. The van der Waals surface area contributed by atoms with Crippen molar-refractivity contribution in [3.8, 4) is 0 Å². The quantitative estimate of drug-likeness (QED) is 0.886. The van der Waals surface area contributed by atoms with Crippen molar-refractivity contribution in [2.45, 2.75) is 25.5 Å². The molecule has 1 aliphatic rings. The summed E-state index contributed by atoms with van der Waals surface area (Å²) >= 11 is 0. The van der Waals surface area contributed by atoms with Crippen molar-refractivity contribution < 1.29 is 14.6 Å². The highest BCUT2D eigenvalue weighted by Gasteiger charge is 2.42. The number of hydrogen-bond acceptors (Lipinski definition) is 3. The van der Waals surface area contributed by atoms with Gasteiger partial charge < -0.3 is 9.84 Å². The van der Waals surface area contributed by atoms with Crippen LogP contribution < -0.4 is 0 Å². The zero-order chi connectivity index (χ0) is 13.2. The van der Waals surface area contributed by atoms with Crippen LogP contribution in [0.25, 0.3) is 0 Å². The summed E-state index contributed by atoms with van der Waals surface area (Å²) in [5.74, 6) is -0.817. The maximum Gasteiger partial charge on any atom is 0.328 e. The average Bonchev–Trinajstić information content (AvgIpc) is 2.38. The zero-order valence-corrected chi connectivity index (χ0v) is 10.8. The minimum Gasteiger partial charge on any atom is -0.480 e. The van der Waals surface area contributed by atoms with Crippen LogP contribution in [0, 0.1) is 0 Å². The lowest BCUT2D eigenvalue weighted by Crippen LogP contribution is -2.55. The molecular formula is C14H19NO3. The third-order valence-electron chi connectivity index (χ3n) is 3.63. The van der Waals surface area contributed by atoms with E-state index in [0.717, 1.165) is 5.56 Å².